The Morgan fingerprint density at radius 1 is 0.938 bits per heavy atom. The Hall–Kier alpha value is -2.24. The molecule has 1 aromatic rings. The standard InChI is InChI=1S/C26H34O6/c1-25-9-7-16(27)13-15(25)3-4-17-18-5-6-22(26(18,2)10-8-19(17)25)32-24(31)14-11-20(28)23(30)21(29)12-14/h11-12,15,17-19,22,28-30H,3-10,13H2,1-2H3/t15-,17-,18-,19-,22-,25-,26-/m0/s1. The third kappa shape index (κ3) is 3.12. The molecule has 0 spiro atoms. The van der Waals surface area contributed by atoms with E-state index in [0.717, 1.165) is 63.5 Å². The number of hydrogen-bond donors (Lipinski definition) is 3. The van der Waals surface area contributed by atoms with E-state index in [4.69, 9.17) is 4.74 Å². The zero-order chi connectivity index (χ0) is 22.8. The van der Waals surface area contributed by atoms with E-state index in [1.165, 1.54) is 6.42 Å². The molecule has 5 rings (SSSR count). The molecule has 7 atom stereocenters. The van der Waals surface area contributed by atoms with Crippen molar-refractivity contribution in [1.29, 1.82) is 0 Å². The number of fused-ring (bicyclic) bond motifs is 5. The molecule has 1 aromatic carbocycles. The number of phenolic OH excluding ortho intramolecular Hbond substituents is 3. The maximum Gasteiger partial charge on any atom is 0.338 e. The van der Waals surface area contributed by atoms with Crippen LogP contribution in [0.2, 0.25) is 0 Å². The highest BCUT2D eigenvalue weighted by Gasteiger charge is 2.61. The summed E-state index contributed by atoms with van der Waals surface area (Å²) in [5.74, 6) is 0.447. The molecule has 0 amide bonds. The van der Waals surface area contributed by atoms with Crippen molar-refractivity contribution in [3.05, 3.63) is 17.7 Å². The molecule has 4 aliphatic rings. The van der Waals surface area contributed by atoms with Crippen LogP contribution in [0.15, 0.2) is 12.1 Å². The third-order valence-electron chi connectivity index (χ3n) is 9.95. The summed E-state index contributed by atoms with van der Waals surface area (Å²) in [5.41, 5.74) is 0.220. The summed E-state index contributed by atoms with van der Waals surface area (Å²) in [6.45, 7) is 4.70. The van der Waals surface area contributed by atoms with E-state index in [2.05, 4.69) is 13.8 Å². The van der Waals surface area contributed by atoms with Crippen molar-refractivity contribution >= 4 is 11.8 Å². The van der Waals surface area contributed by atoms with Crippen LogP contribution in [0.4, 0.5) is 0 Å². The van der Waals surface area contributed by atoms with Crippen LogP contribution >= 0.6 is 0 Å². The van der Waals surface area contributed by atoms with Gasteiger partial charge in [-0.2, -0.15) is 0 Å². The molecule has 32 heavy (non-hydrogen) atoms. The summed E-state index contributed by atoms with van der Waals surface area (Å²) >= 11 is 0. The quantitative estimate of drug-likeness (QED) is 0.443. The predicted molar refractivity (Wildman–Crippen MR) is 117 cm³/mol. The second kappa shape index (κ2) is 7.39. The summed E-state index contributed by atoms with van der Waals surface area (Å²) < 4.78 is 5.96. The van der Waals surface area contributed by atoms with Gasteiger partial charge in [-0.1, -0.05) is 13.8 Å². The van der Waals surface area contributed by atoms with E-state index in [0.29, 0.717) is 29.5 Å². The Bertz CT molecular complexity index is 933. The van der Waals surface area contributed by atoms with E-state index >= 15 is 0 Å². The topological polar surface area (TPSA) is 104 Å². The number of ether oxygens (including phenoxy) is 1. The van der Waals surface area contributed by atoms with Crippen LogP contribution in [0.25, 0.3) is 0 Å². The second-order valence-corrected chi connectivity index (χ2v) is 11.3. The molecular weight excluding hydrogens is 408 g/mol. The first kappa shape index (κ1) is 21.6. The molecule has 4 saturated carbocycles. The monoisotopic (exact) mass is 442 g/mol. The zero-order valence-corrected chi connectivity index (χ0v) is 19.0. The van der Waals surface area contributed by atoms with Crippen molar-refractivity contribution in [3.8, 4) is 17.2 Å². The van der Waals surface area contributed by atoms with Crippen molar-refractivity contribution in [1.82, 2.24) is 0 Å². The highest BCUT2D eigenvalue weighted by Crippen LogP contribution is 2.66. The number of rotatable bonds is 2. The number of aromatic hydroxyl groups is 3. The van der Waals surface area contributed by atoms with Gasteiger partial charge in [-0.25, -0.2) is 4.79 Å². The van der Waals surface area contributed by atoms with Gasteiger partial charge in [0.05, 0.1) is 5.56 Å². The molecule has 0 aromatic heterocycles. The number of hydrogen-bond acceptors (Lipinski definition) is 6. The van der Waals surface area contributed by atoms with Crippen molar-refractivity contribution in [2.45, 2.75) is 77.7 Å². The maximum atomic E-state index is 12.8. The molecular formula is C26H34O6. The fourth-order valence-electron chi connectivity index (χ4n) is 8.11. The number of phenols is 3. The average molecular weight is 443 g/mol. The Balaban J connectivity index is 1.34. The lowest BCUT2D eigenvalue weighted by molar-refractivity contribution is -0.142. The number of esters is 1. The lowest BCUT2D eigenvalue weighted by Crippen LogP contribution is -2.54. The van der Waals surface area contributed by atoms with Crippen LogP contribution in [-0.2, 0) is 9.53 Å². The molecule has 3 N–H and O–H groups in total. The highest BCUT2D eigenvalue weighted by molar-refractivity contribution is 5.91. The summed E-state index contributed by atoms with van der Waals surface area (Å²) in [5, 5.41) is 29.1. The van der Waals surface area contributed by atoms with Crippen LogP contribution < -0.4 is 0 Å². The SMILES string of the molecule is C[C@]12CCC(=O)C[C@@H]1CC[C@@H]1[C@@H]2CC[C@]2(C)[C@@H](OC(=O)c3cc(O)c(O)c(O)c3)CC[C@@H]12. The van der Waals surface area contributed by atoms with Gasteiger partial charge in [0.15, 0.2) is 17.2 Å². The minimum absolute atomic E-state index is 0.0402. The summed E-state index contributed by atoms with van der Waals surface area (Å²) in [4.78, 5) is 24.9. The van der Waals surface area contributed by atoms with Gasteiger partial charge in [0.25, 0.3) is 0 Å². The van der Waals surface area contributed by atoms with Gasteiger partial charge in [0, 0.05) is 18.3 Å². The fourth-order valence-corrected chi connectivity index (χ4v) is 8.11. The smallest absolute Gasteiger partial charge is 0.338 e. The van der Waals surface area contributed by atoms with Gasteiger partial charge in [-0.05, 0) is 86.2 Å². The van der Waals surface area contributed by atoms with E-state index < -0.39 is 23.2 Å². The van der Waals surface area contributed by atoms with E-state index in [9.17, 15) is 24.9 Å². The van der Waals surface area contributed by atoms with Crippen LogP contribution in [0, 0.1) is 34.5 Å². The molecule has 6 nitrogen and oxygen atoms in total. The van der Waals surface area contributed by atoms with Crippen LogP contribution in [0.3, 0.4) is 0 Å². The van der Waals surface area contributed by atoms with Gasteiger partial charge in [-0.3, -0.25) is 4.79 Å². The van der Waals surface area contributed by atoms with Crippen LogP contribution in [0.5, 0.6) is 17.2 Å². The summed E-state index contributed by atoms with van der Waals surface area (Å²) in [7, 11) is 0. The van der Waals surface area contributed by atoms with Crippen LogP contribution in [-0.4, -0.2) is 33.2 Å². The summed E-state index contributed by atoms with van der Waals surface area (Å²) in [6, 6.07) is 2.27. The molecule has 0 unspecified atom stereocenters. The van der Waals surface area contributed by atoms with Crippen molar-refractivity contribution in [3.63, 3.8) is 0 Å². The molecule has 174 valence electrons. The molecule has 4 fully saturated rings. The van der Waals surface area contributed by atoms with Crippen molar-refractivity contribution in [2.75, 3.05) is 0 Å². The molecule has 0 saturated heterocycles. The second-order valence-electron chi connectivity index (χ2n) is 11.3. The van der Waals surface area contributed by atoms with Crippen molar-refractivity contribution < 1.29 is 29.6 Å². The van der Waals surface area contributed by atoms with Gasteiger partial charge >= 0.3 is 5.97 Å². The van der Waals surface area contributed by atoms with E-state index in [1.807, 2.05) is 0 Å². The van der Waals surface area contributed by atoms with E-state index in [1.54, 1.807) is 0 Å². The molecule has 0 bridgehead atoms. The Morgan fingerprint density at radius 2 is 1.62 bits per heavy atom. The molecule has 0 heterocycles. The number of Topliss-reactive ketones (excluding diaryl/α,β-unsaturated/α-hetero) is 1. The lowest BCUT2D eigenvalue weighted by Gasteiger charge is -2.60. The van der Waals surface area contributed by atoms with Gasteiger partial charge in [-0.15, -0.1) is 0 Å². The minimum atomic E-state index is -0.638. The maximum absolute atomic E-state index is 12.8. The number of carbonyl (C=O) groups excluding carboxylic acids is 2. The lowest BCUT2D eigenvalue weighted by atomic mass is 9.45. The predicted octanol–water partition coefficient (Wildman–Crippen LogP) is 4.94. The largest absolute Gasteiger partial charge is 0.504 e. The number of benzene rings is 1. The Labute approximate surface area is 189 Å². The molecule has 0 radical (unpaired) electrons. The van der Waals surface area contributed by atoms with Gasteiger partial charge in [0.1, 0.15) is 11.9 Å². The van der Waals surface area contributed by atoms with Crippen LogP contribution in [0.1, 0.15) is 82.0 Å². The first-order valence-corrected chi connectivity index (χ1v) is 12.1. The number of ketones is 1. The average Bonchev–Trinajstić information content (AvgIpc) is 3.08. The van der Waals surface area contributed by atoms with Gasteiger partial charge < -0.3 is 20.1 Å². The number of carbonyl (C=O) groups is 2. The zero-order valence-electron chi connectivity index (χ0n) is 19.0. The first-order chi connectivity index (χ1) is 15.1. The molecule has 0 aliphatic heterocycles. The Kier molecular flexibility index (Phi) is 4.99. The normalized spacial score (nSPS) is 40.8. The highest BCUT2D eigenvalue weighted by atomic mass is 16.5. The molecule has 4 aliphatic carbocycles. The van der Waals surface area contributed by atoms with Gasteiger partial charge in [0.2, 0.25) is 0 Å². The summed E-state index contributed by atoms with van der Waals surface area (Å²) in [6.07, 6.45) is 8.61. The first-order valence-electron chi connectivity index (χ1n) is 12.1. The fraction of sp³-hybridized carbons (Fsp3) is 0.692. The minimum Gasteiger partial charge on any atom is -0.504 e. The Morgan fingerprint density at radius 3 is 2.34 bits per heavy atom. The molecule has 6 heteroatoms. The van der Waals surface area contributed by atoms with E-state index in [-0.39, 0.29) is 22.5 Å². The van der Waals surface area contributed by atoms with Crippen molar-refractivity contribution in [2.24, 2.45) is 34.5 Å². The third-order valence-corrected chi connectivity index (χ3v) is 9.95.